The predicted octanol–water partition coefficient (Wildman–Crippen LogP) is 2.71. The number of nitrogens with zero attached hydrogens (tertiary/aromatic N) is 1. The summed E-state index contributed by atoms with van der Waals surface area (Å²) in [4.78, 5) is 2.14. The maximum Gasteiger partial charge on any atom is 0.0453 e. The van der Waals surface area contributed by atoms with E-state index in [1.54, 1.807) is 6.07 Å². The van der Waals surface area contributed by atoms with E-state index in [1.165, 1.54) is 0 Å². The molecule has 0 radical (unpaired) electrons. The van der Waals surface area contributed by atoms with E-state index in [4.69, 9.17) is 29.0 Å². The van der Waals surface area contributed by atoms with E-state index in [9.17, 15) is 0 Å². The average molecular weight is 290 g/mol. The monoisotopic (exact) mass is 289 g/mol. The van der Waals surface area contributed by atoms with Crippen molar-refractivity contribution in [1.82, 2.24) is 10.3 Å². The quantitative estimate of drug-likeness (QED) is 0.647. The summed E-state index contributed by atoms with van der Waals surface area (Å²) in [6, 6.07) is 5.64. The summed E-state index contributed by atoms with van der Waals surface area (Å²) in [6.07, 6.45) is 0.748. The Hall–Kier alpha value is -0.320. The number of benzene rings is 1. The van der Waals surface area contributed by atoms with Gasteiger partial charge in [-0.05, 0) is 52.1 Å². The van der Waals surface area contributed by atoms with E-state index in [0.29, 0.717) is 10.0 Å². The Balaban J connectivity index is 2.93. The Morgan fingerprint density at radius 3 is 2.39 bits per heavy atom. The van der Waals surface area contributed by atoms with Crippen LogP contribution >= 0.6 is 23.2 Å². The first-order chi connectivity index (χ1) is 8.28. The molecule has 0 aliphatic rings. The number of likely N-dealkylation sites (N-methyl/N-ethyl adjacent to an activating group) is 1. The zero-order chi connectivity index (χ0) is 13.9. The molecular weight excluding hydrogens is 269 g/mol. The minimum absolute atomic E-state index is 0.0856. The van der Waals surface area contributed by atoms with Gasteiger partial charge in [0.25, 0.3) is 0 Å². The van der Waals surface area contributed by atoms with Gasteiger partial charge in [0.1, 0.15) is 0 Å². The molecule has 0 aliphatic heterocycles. The second-order valence-corrected chi connectivity index (χ2v) is 6.05. The first kappa shape index (κ1) is 15.7. The first-order valence-electron chi connectivity index (χ1n) is 5.86. The molecule has 5 heteroatoms. The van der Waals surface area contributed by atoms with Crippen LogP contribution in [0.2, 0.25) is 10.0 Å². The van der Waals surface area contributed by atoms with E-state index >= 15 is 0 Å². The highest BCUT2D eigenvalue weighted by molar-refractivity contribution is 6.35. The third-order valence-corrected chi connectivity index (χ3v) is 4.23. The highest BCUT2D eigenvalue weighted by Crippen LogP contribution is 2.25. The predicted molar refractivity (Wildman–Crippen MR) is 79.0 cm³/mol. The molecule has 0 bridgehead atoms. The van der Waals surface area contributed by atoms with E-state index in [-0.39, 0.29) is 11.6 Å². The topological polar surface area (TPSA) is 41.3 Å². The van der Waals surface area contributed by atoms with Crippen molar-refractivity contribution in [3.05, 3.63) is 33.8 Å². The fourth-order valence-electron chi connectivity index (χ4n) is 1.73. The van der Waals surface area contributed by atoms with Crippen LogP contribution in [0.5, 0.6) is 0 Å². The molecule has 1 atom stereocenters. The Kier molecular flexibility index (Phi) is 5.44. The van der Waals surface area contributed by atoms with Gasteiger partial charge in [-0.1, -0.05) is 29.3 Å². The van der Waals surface area contributed by atoms with Crippen molar-refractivity contribution in [2.24, 2.45) is 5.84 Å². The van der Waals surface area contributed by atoms with Gasteiger partial charge in [0.2, 0.25) is 0 Å². The minimum atomic E-state index is -0.0856. The van der Waals surface area contributed by atoms with Crippen LogP contribution in [0, 0.1) is 0 Å². The number of hydrogen-bond acceptors (Lipinski definition) is 3. The van der Waals surface area contributed by atoms with E-state index < -0.39 is 0 Å². The Bertz CT molecular complexity index is 405. The number of halogens is 2. The number of nitrogens with one attached hydrogen (secondary N) is 1. The Labute approximate surface area is 119 Å². The molecule has 1 aromatic rings. The highest BCUT2D eigenvalue weighted by atomic mass is 35.5. The maximum atomic E-state index is 6.19. The molecule has 0 aliphatic carbocycles. The fraction of sp³-hybridized carbons (Fsp3) is 0.538. The summed E-state index contributed by atoms with van der Waals surface area (Å²) in [5, 5.41) is 1.32. The van der Waals surface area contributed by atoms with Crippen LogP contribution in [-0.4, -0.2) is 30.6 Å². The van der Waals surface area contributed by atoms with Gasteiger partial charge < -0.3 is 4.90 Å². The molecular formula is C13H21Cl2N3. The lowest BCUT2D eigenvalue weighted by atomic mass is 9.88. The number of hydrazine groups is 1. The molecule has 0 saturated heterocycles. The van der Waals surface area contributed by atoms with Crippen LogP contribution < -0.4 is 11.3 Å². The van der Waals surface area contributed by atoms with Crippen LogP contribution in [0.1, 0.15) is 19.4 Å². The van der Waals surface area contributed by atoms with Crippen LogP contribution in [0.25, 0.3) is 0 Å². The largest absolute Gasteiger partial charge is 0.303 e. The van der Waals surface area contributed by atoms with Crippen molar-refractivity contribution in [3.8, 4) is 0 Å². The third kappa shape index (κ3) is 3.59. The standard InChI is InChI=1S/C13H21Cl2N3/c1-13(2,18(3)4)12(17-16)7-9-5-6-10(14)8-11(9)15/h5-6,8,12,17H,7,16H2,1-4H3. The summed E-state index contributed by atoms with van der Waals surface area (Å²) in [5.74, 6) is 5.68. The van der Waals surface area contributed by atoms with Crippen LogP contribution in [0.3, 0.4) is 0 Å². The molecule has 0 fully saturated rings. The summed E-state index contributed by atoms with van der Waals surface area (Å²) in [5.41, 5.74) is 3.84. The van der Waals surface area contributed by atoms with E-state index in [0.717, 1.165) is 12.0 Å². The van der Waals surface area contributed by atoms with Crippen LogP contribution in [0.4, 0.5) is 0 Å². The van der Waals surface area contributed by atoms with Gasteiger partial charge in [0.15, 0.2) is 0 Å². The van der Waals surface area contributed by atoms with Crippen molar-refractivity contribution in [1.29, 1.82) is 0 Å². The summed E-state index contributed by atoms with van der Waals surface area (Å²) < 4.78 is 0. The molecule has 0 heterocycles. The van der Waals surface area contributed by atoms with Gasteiger partial charge in [-0.25, -0.2) is 0 Å². The summed E-state index contributed by atoms with van der Waals surface area (Å²) >= 11 is 12.1. The molecule has 1 unspecified atom stereocenters. The summed E-state index contributed by atoms with van der Waals surface area (Å²) in [6.45, 7) is 4.28. The second-order valence-electron chi connectivity index (χ2n) is 5.21. The van der Waals surface area contributed by atoms with Gasteiger partial charge in [0.05, 0.1) is 0 Å². The molecule has 3 N–H and O–H groups in total. The maximum absolute atomic E-state index is 6.19. The van der Waals surface area contributed by atoms with Crippen molar-refractivity contribution >= 4 is 23.2 Å². The van der Waals surface area contributed by atoms with Crippen molar-refractivity contribution < 1.29 is 0 Å². The smallest absolute Gasteiger partial charge is 0.0453 e. The number of hydrogen-bond donors (Lipinski definition) is 2. The van der Waals surface area contributed by atoms with Crippen molar-refractivity contribution in [2.45, 2.75) is 31.8 Å². The SMILES string of the molecule is CN(C)C(C)(C)C(Cc1ccc(Cl)cc1Cl)NN. The molecule has 0 saturated carbocycles. The third-order valence-electron chi connectivity index (χ3n) is 3.65. The summed E-state index contributed by atoms with van der Waals surface area (Å²) in [7, 11) is 4.07. The number of nitrogens with two attached hydrogens (primary N) is 1. The van der Waals surface area contributed by atoms with Crippen LogP contribution in [-0.2, 0) is 6.42 Å². The lowest BCUT2D eigenvalue weighted by Crippen LogP contribution is -2.58. The number of rotatable bonds is 5. The fourth-order valence-corrected chi connectivity index (χ4v) is 2.22. The lowest BCUT2D eigenvalue weighted by Gasteiger charge is -2.40. The molecule has 1 rings (SSSR count). The van der Waals surface area contributed by atoms with Crippen molar-refractivity contribution in [2.75, 3.05) is 14.1 Å². The minimum Gasteiger partial charge on any atom is -0.303 e. The first-order valence-corrected chi connectivity index (χ1v) is 6.62. The molecule has 0 aromatic heterocycles. The van der Waals surface area contributed by atoms with Gasteiger partial charge in [0, 0.05) is 21.6 Å². The van der Waals surface area contributed by atoms with Gasteiger partial charge >= 0.3 is 0 Å². The van der Waals surface area contributed by atoms with E-state index in [1.807, 2.05) is 26.2 Å². The van der Waals surface area contributed by atoms with Gasteiger partial charge in [-0.2, -0.15) is 0 Å². The molecule has 0 amide bonds. The molecule has 1 aromatic carbocycles. The highest BCUT2D eigenvalue weighted by Gasteiger charge is 2.31. The second kappa shape index (κ2) is 6.22. The Morgan fingerprint density at radius 2 is 1.94 bits per heavy atom. The van der Waals surface area contributed by atoms with Gasteiger partial charge in [-0.3, -0.25) is 11.3 Å². The Morgan fingerprint density at radius 1 is 1.33 bits per heavy atom. The van der Waals surface area contributed by atoms with Crippen molar-refractivity contribution in [3.63, 3.8) is 0 Å². The van der Waals surface area contributed by atoms with Gasteiger partial charge in [-0.15, -0.1) is 0 Å². The lowest BCUT2D eigenvalue weighted by molar-refractivity contribution is 0.137. The molecule has 0 spiro atoms. The zero-order valence-corrected chi connectivity index (χ0v) is 12.8. The van der Waals surface area contributed by atoms with E-state index in [2.05, 4.69) is 24.2 Å². The average Bonchev–Trinajstić information content (AvgIpc) is 2.27. The van der Waals surface area contributed by atoms with Crippen LogP contribution in [0.15, 0.2) is 18.2 Å². The molecule has 18 heavy (non-hydrogen) atoms. The molecule has 102 valence electrons. The normalized spacial score (nSPS) is 14.0. The molecule has 3 nitrogen and oxygen atoms in total. The zero-order valence-electron chi connectivity index (χ0n) is 11.3.